The number of hydrogen-bond donors (Lipinski definition) is 1. The minimum Gasteiger partial charge on any atom is -0.348 e. The number of nitrogens with zero attached hydrogens (tertiary/aromatic N) is 4. The molecule has 9 heteroatoms. The Hall–Kier alpha value is -3.20. The summed E-state index contributed by atoms with van der Waals surface area (Å²) in [5.41, 5.74) is 1.26. The van der Waals surface area contributed by atoms with Crippen LogP contribution in [0.15, 0.2) is 59.9 Å². The Bertz CT molecular complexity index is 1020. The van der Waals surface area contributed by atoms with E-state index in [1.165, 1.54) is 30.6 Å². The number of nitrogens with one attached hydrogen (secondary N) is 1. The van der Waals surface area contributed by atoms with E-state index in [0.717, 1.165) is 11.9 Å². The lowest BCUT2D eigenvalue weighted by Crippen LogP contribution is -2.08. The van der Waals surface area contributed by atoms with E-state index in [1.54, 1.807) is 18.3 Å². The van der Waals surface area contributed by atoms with Gasteiger partial charge in [-0.05, 0) is 24.3 Å². The maximum Gasteiger partial charge on any atom is 0.222 e. The smallest absolute Gasteiger partial charge is 0.222 e. The van der Waals surface area contributed by atoms with Crippen LogP contribution in [0.5, 0.6) is 0 Å². The molecule has 0 atom stereocenters. The van der Waals surface area contributed by atoms with E-state index in [4.69, 9.17) is 0 Å². The Morgan fingerprint density at radius 2 is 1.85 bits per heavy atom. The molecule has 0 bridgehead atoms. The van der Waals surface area contributed by atoms with Gasteiger partial charge in [0.15, 0.2) is 15.6 Å². The molecule has 132 valence electrons. The van der Waals surface area contributed by atoms with E-state index < -0.39 is 9.84 Å². The Balaban J connectivity index is 1.73. The summed E-state index contributed by atoms with van der Waals surface area (Å²) >= 11 is 0. The molecule has 1 N–H and O–H groups in total. The standard InChI is InChI=1S/C17H15N5O3S/c1-26(24,25)15-6-2-4-12(8-15)16(23)13-9-18-17(19-10-13)20-11-14-5-3-7-21-22-14/h2-10H,11H2,1H3,(H,18,19,20). The van der Waals surface area contributed by atoms with Gasteiger partial charge < -0.3 is 5.32 Å². The van der Waals surface area contributed by atoms with Crippen molar-refractivity contribution in [2.24, 2.45) is 0 Å². The molecule has 2 heterocycles. The van der Waals surface area contributed by atoms with Gasteiger partial charge in [-0.2, -0.15) is 10.2 Å². The Labute approximate surface area is 150 Å². The Morgan fingerprint density at radius 3 is 2.50 bits per heavy atom. The van der Waals surface area contributed by atoms with E-state index in [2.05, 4.69) is 25.5 Å². The molecule has 0 amide bonds. The number of hydrogen-bond acceptors (Lipinski definition) is 8. The summed E-state index contributed by atoms with van der Waals surface area (Å²) in [6.45, 7) is 0.400. The summed E-state index contributed by atoms with van der Waals surface area (Å²) in [6.07, 6.45) is 5.46. The zero-order chi connectivity index (χ0) is 18.6. The van der Waals surface area contributed by atoms with Gasteiger partial charge in [-0.3, -0.25) is 4.79 Å². The normalized spacial score (nSPS) is 11.1. The molecule has 2 aromatic heterocycles. The molecule has 0 aliphatic heterocycles. The summed E-state index contributed by atoms with van der Waals surface area (Å²) in [5, 5.41) is 10.7. The van der Waals surface area contributed by atoms with Gasteiger partial charge in [0, 0.05) is 30.4 Å². The van der Waals surface area contributed by atoms with Crippen molar-refractivity contribution < 1.29 is 13.2 Å². The molecule has 0 spiro atoms. The van der Waals surface area contributed by atoms with Crippen molar-refractivity contribution in [1.29, 1.82) is 0 Å². The number of aromatic nitrogens is 4. The van der Waals surface area contributed by atoms with Crippen molar-refractivity contribution in [3.8, 4) is 0 Å². The van der Waals surface area contributed by atoms with Crippen LogP contribution in [0, 0.1) is 0 Å². The lowest BCUT2D eigenvalue weighted by molar-refractivity contribution is 0.103. The highest BCUT2D eigenvalue weighted by atomic mass is 32.2. The van der Waals surface area contributed by atoms with E-state index in [9.17, 15) is 13.2 Å². The minimum atomic E-state index is -3.39. The number of anilines is 1. The van der Waals surface area contributed by atoms with Gasteiger partial charge in [0.05, 0.1) is 22.7 Å². The number of rotatable bonds is 6. The third-order valence-electron chi connectivity index (χ3n) is 3.49. The molecule has 26 heavy (non-hydrogen) atoms. The first kappa shape index (κ1) is 17.6. The van der Waals surface area contributed by atoms with Crippen molar-refractivity contribution in [1.82, 2.24) is 20.2 Å². The van der Waals surface area contributed by atoms with Crippen LogP contribution in [0.2, 0.25) is 0 Å². The molecule has 3 rings (SSSR count). The number of benzene rings is 1. The lowest BCUT2D eigenvalue weighted by atomic mass is 10.1. The van der Waals surface area contributed by atoms with Gasteiger partial charge in [0.1, 0.15) is 0 Å². The van der Waals surface area contributed by atoms with Gasteiger partial charge >= 0.3 is 0 Å². The van der Waals surface area contributed by atoms with Crippen LogP contribution in [0.1, 0.15) is 21.6 Å². The molecular weight excluding hydrogens is 354 g/mol. The Kier molecular flexibility index (Phi) is 4.99. The second kappa shape index (κ2) is 7.36. The first-order valence-corrected chi connectivity index (χ1v) is 9.50. The number of carbonyl (C=O) groups excluding carboxylic acids is 1. The molecule has 0 saturated carbocycles. The fourth-order valence-corrected chi connectivity index (χ4v) is 2.84. The fourth-order valence-electron chi connectivity index (χ4n) is 2.17. The molecular formula is C17H15N5O3S. The van der Waals surface area contributed by atoms with Crippen LogP contribution in [0.3, 0.4) is 0 Å². The molecule has 0 aliphatic carbocycles. The van der Waals surface area contributed by atoms with Crippen LogP contribution < -0.4 is 5.32 Å². The molecule has 0 aliphatic rings. The summed E-state index contributed by atoms with van der Waals surface area (Å²) in [4.78, 5) is 20.8. The van der Waals surface area contributed by atoms with Crippen LogP contribution in [-0.2, 0) is 16.4 Å². The first-order chi connectivity index (χ1) is 12.4. The highest BCUT2D eigenvalue weighted by molar-refractivity contribution is 7.90. The van der Waals surface area contributed by atoms with Crippen molar-refractivity contribution in [3.05, 3.63) is 71.8 Å². The maximum atomic E-state index is 12.5. The topological polar surface area (TPSA) is 115 Å². The van der Waals surface area contributed by atoms with E-state index in [1.807, 2.05) is 6.07 Å². The van der Waals surface area contributed by atoms with Gasteiger partial charge in [-0.15, -0.1) is 0 Å². The van der Waals surface area contributed by atoms with Gasteiger partial charge in [0.2, 0.25) is 5.95 Å². The summed E-state index contributed by atoms with van der Waals surface area (Å²) < 4.78 is 23.2. The molecule has 3 aromatic rings. The van der Waals surface area contributed by atoms with Gasteiger partial charge in [0.25, 0.3) is 0 Å². The second-order valence-electron chi connectivity index (χ2n) is 5.49. The number of ketones is 1. The SMILES string of the molecule is CS(=O)(=O)c1cccc(C(=O)c2cnc(NCc3cccnn3)nc2)c1. The first-order valence-electron chi connectivity index (χ1n) is 7.61. The average Bonchev–Trinajstić information content (AvgIpc) is 2.66. The molecule has 0 unspecified atom stereocenters. The number of carbonyl (C=O) groups is 1. The summed E-state index contributed by atoms with van der Waals surface area (Å²) in [7, 11) is -3.39. The second-order valence-corrected chi connectivity index (χ2v) is 7.51. The van der Waals surface area contributed by atoms with Crippen LogP contribution in [0.25, 0.3) is 0 Å². The maximum absolute atomic E-state index is 12.5. The predicted octanol–water partition coefficient (Wildman–Crippen LogP) is 1.51. The predicted molar refractivity (Wildman–Crippen MR) is 94.4 cm³/mol. The van der Waals surface area contributed by atoms with Crippen LogP contribution in [0.4, 0.5) is 5.95 Å². The Morgan fingerprint density at radius 1 is 1.08 bits per heavy atom. The largest absolute Gasteiger partial charge is 0.348 e. The minimum absolute atomic E-state index is 0.0894. The molecule has 0 fully saturated rings. The molecule has 8 nitrogen and oxygen atoms in total. The molecule has 0 radical (unpaired) electrons. The summed E-state index contributed by atoms with van der Waals surface area (Å²) in [5.74, 6) is -0.00642. The van der Waals surface area contributed by atoms with E-state index in [0.29, 0.717) is 12.5 Å². The van der Waals surface area contributed by atoms with E-state index >= 15 is 0 Å². The van der Waals surface area contributed by atoms with Crippen molar-refractivity contribution in [3.63, 3.8) is 0 Å². The third-order valence-corrected chi connectivity index (χ3v) is 4.60. The van der Waals surface area contributed by atoms with Crippen LogP contribution >= 0.6 is 0 Å². The monoisotopic (exact) mass is 369 g/mol. The van der Waals surface area contributed by atoms with Crippen molar-refractivity contribution in [2.75, 3.05) is 11.6 Å². The highest BCUT2D eigenvalue weighted by Gasteiger charge is 2.14. The molecule has 0 saturated heterocycles. The average molecular weight is 369 g/mol. The van der Waals surface area contributed by atoms with Crippen molar-refractivity contribution in [2.45, 2.75) is 11.4 Å². The third kappa shape index (κ3) is 4.25. The van der Waals surface area contributed by atoms with Crippen LogP contribution in [-0.4, -0.2) is 40.6 Å². The van der Waals surface area contributed by atoms with Gasteiger partial charge in [-0.1, -0.05) is 12.1 Å². The zero-order valence-corrected chi connectivity index (χ0v) is 14.6. The number of sulfone groups is 1. The zero-order valence-electron chi connectivity index (χ0n) is 13.8. The van der Waals surface area contributed by atoms with Crippen molar-refractivity contribution >= 4 is 21.6 Å². The lowest BCUT2D eigenvalue weighted by Gasteiger charge is -2.06. The van der Waals surface area contributed by atoms with Gasteiger partial charge in [-0.25, -0.2) is 18.4 Å². The highest BCUT2D eigenvalue weighted by Crippen LogP contribution is 2.15. The van der Waals surface area contributed by atoms with E-state index in [-0.39, 0.29) is 21.8 Å². The quantitative estimate of drug-likeness (QED) is 0.650. The molecule has 1 aromatic carbocycles. The fraction of sp³-hybridized carbons (Fsp3) is 0.118. The summed E-state index contributed by atoms with van der Waals surface area (Å²) in [6, 6.07) is 9.46.